The van der Waals surface area contributed by atoms with Gasteiger partial charge in [0, 0.05) is 0 Å². The van der Waals surface area contributed by atoms with Crippen LogP contribution in [0.4, 0.5) is 0 Å². The molecule has 44 heavy (non-hydrogen) atoms. The fourth-order valence-electron chi connectivity index (χ4n) is 8.61. The molecule has 0 saturated carbocycles. The predicted molar refractivity (Wildman–Crippen MR) is 193 cm³/mol. The normalized spacial score (nSPS) is 12.5. The molecule has 200 valence electrons. The second-order valence-corrected chi connectivity index (χ2v) is 12.3. The SMILES string of the molecule is c1ccc2c(c1)c1ccccc1c1c2cc2ccc3cc4c5ccccc5c5ccccc5c4c4c5ccccc5c1c2c34. The molecule has 0 spiro atoms. The van der Waals surface area contributed by atoms with E-state index in [1.165, 1.54) is 108 Å². The molecule has 11 rings (SSSR count). The molecule has 0 atom stereocenters. The van der Waals surface area contributed by atoms with Crippen molar-refractivity contribution >= 4 is 108 Å². The van der Waals surface area contributed by atoms with Gasteiger partial charge in [-0.15, -0.1) is 0 Å². The maximum Gasteiger partial charge on any atom is -0.000762 e. The summed E-state index contributed by atoms with van der Waals surface area (Å²) < 4.78 is 0. The molecule has 0 aliphatic carbocycles. The smallest absolute Gasteiger partial charge is 0.000762 e. The lowest BCUT2D eigenvalue weighted by molar-refractivity contribution is 1.79. The van der Waals surface area contributed by atoms with Crippen LogP contribution in [0.3, 0.4) is 0 Å². The van der Waals surface area contributed by atoms with Gasteiger partial charge in [0.05, 0.1) is 0 Å². The lowest BCUT2D eigenvalue weighted by atomic mass is 9.81. The molecule has 11 aromatic rings. The number of hydrogen-bond acceptors (Lipinski definition) is 0. The molecule has 0 bridgehead atoms. The second kappa shape index (κ2) is 8.01. The summed E-state index contributed by atoms with van der Waals surface area (Å²) in [4.78, 5) is 0. The lowest BCUT2D eigenvalue weighted by Crippen LogP contribution is -1.93. The van der Waals surface area contributed by atoms with E-state index in [9.17, 15) is 0 Å². The zero-order chi connectivity index (χ0) is 28.5. The van der Waals surface area contributed by atoms with E-state index in [1.807, 2.05) is 0 Å². The topological polar surface area (TPSA) is 0 Å². The Morgan fingerprint density at radius 1 is 0.182 bits per heavy atom. The van der Waals surface area contributed by atoms with Crippen molar-refractivity contribution in [2.75, 3.05) is 0 Å². The van der Waals surface area contributed by atoms with E-state index in [0.29, 0.717) is 0 Å². The van der Waals surface area contributed by atoms with Gasteiger partial charge in [0.15, 0.2) is 0 Å². The molecule has 0 aromatic heterocycles. The summed E-state index contributed by atoms with van der Waals surface area (Å²) >= 11 is 0. The summed E-state index contributed by atoms with van der Waals surface area (Å²) in [6, 6.07) is 54.6. The highest BCUT2D eigenvalue weighted by molar-refractivity contribution is 6.48. The minimum atomic E-state index is 1.31. The lowest BCUT2D eigenvalue weighted by Gasteiger charge is -2.21. The first-order chi connectivity index (χ1) is 21.9. The van der Waals surface area contributed by atoms with Crippen molar-refractivity contribution in [1.29, 1.82) is 0 Å². The Hall–Kier alpha value is -5.72. The minimum Gasteiger partial charge on any atom is -0.0616 e. The van der Waals surface area contributed by atoms with Crippen LogP contribution >= 0.6 is 0 Å². The molecule has 0 unspecified atom stereocenters. The Morgan fingerprint density at radius 3 is 0.773 bits per heavy atom. The van der Waals surface area contributed by atoms with Gasteiger partial charge in [-0.25, -0.2) is 0 Å². The van der Waals surface area contributed by atoms with Crippen LogP contribution in [0.15, 0.2) is 146 Å². The molecule has 0 heterocycles. The molecule has 0 N–H and O–H groups in total. The number of rotatable bonds is 0. The van der Waals surface area contributed by atoms with Crippen molar-refractivity contribution in [2.24, 2.45) is 0 Å². The molecule has 0 heteroatoms. The van der Waals surface area contributed by atoms with Crippen LogP contribution in [0, 0.1) is 0 Å². The average molecular weight is 553 g/mol. The highest BCUT2D eigenvalue weighted by atomic mass is 14.2. The third-order valence-corrected chi connectivity index (χ3v) is 10.3. The maximum absolute atomic E-state index is 2.46. The van der Waals surface area contributed by atoms with E-state index < -0.39 is 0 Å². The molecule has 0 nitrogen and oxygen atoms in total. The third-order valence-electron chi connectivity index (χ3n) is 10.3. The number of fused-ring (bicyclic) bond motifs is 17. The van der Waals surface area contributed by atoms with Gasteiger partial charge >= 0.3 is 0 Å². The quantitative estimate of drug-likeness (QED) is 0.130. The first-order valence-corrected chi connectivity index (χ1v) is 15.5. The molecule has 11 aromatic carbocycles. The fraction of sp³-hybridized carbons (Fsp3) is 0. The van der Waals surface area contributed by atoms with Crippen LogP contribution in [0.5, 0.6) is 0 Å². The molecular formula is C44H24. The van der Waals surface area contributed by atoms with Gasteiger partial charge in [0.2, 0.25) is 0 Å². The number of hydrogen-bond donors (Lipinski definition) is 0. The Kier molecular flexibility index (Phi) is 4.15. The van der Waals surface area contributed by atoms with Crippen LogP contribution in [0.1, 0.15) is 0 Å². The van der Waals surface area contributed by atoms with E-state index in [1.54, 1.807) is 0 Å². The summed E-state index contributed by atoms with van der Waals surface area (Å²) in [6.07, 6.45) is 0. The van der Waals surface area contributed by atoms with Crippen molar-refractivity contribution in [3.63, 3.8) is 0 Å². The van der Waals surface area contributed by atoms with E-state index in [2.05, 4.69) is 146 Å². The monoisotopic (exact) mass is 552 g/mol. The first-order valence-electron chi connectivity index (χ1n) is 15.5. The van der Waals surface area contributed by atoms with Crippen molar-refractivity contribution in [1.82, 2.24) is 0 Å². The van der Waals surface area contributed by atoms with Gasteiger partial charge in [-0.2, -0.15) is 0 Å². The second-order valence-electron chi connectivity index (χ2n) is 12.3. The Morgan fingerprint density at radius 2 is 0.432 bits per heavy atom. The van der Waals surface area contributed by atoms with E-state index >= 15 is 0 Å². The van der Waals surface area contributed by atoms with Crippen LogP contribution in [-0.2, 0) is 0 Å². The summed E-state index contributed by atoms with van der Waals surface area (Å²) in [6.45, 7) is 0. The average Bonchev–Trinajstić information content (AvgIpc) is 3.10. The van der Waals surface area contributed by atoms with Crippen molar-refractivity contribution < 1.29 is 0 Å². The van der Waals surface area contributed by atoms with Crippen LogP contribution < -0.4 is 0 Å². The highest BCUT2D eigenvalue weighted by Gasteiger charge is 2.22. The van der Waals surface area contributed by atoms with Gasteiger partial charge in [-0.1, -0.05) is 133 Å². The highest BCUT2D eigenvalue weighted by Crippen LogP contribution is 2.51. The van der Waals surface area contributed by atoms with E-state index in [4.69, 9.17) is 0 Å². The summed E-state index contributed by atoms with van der Waals surface area (Å²) in [5, 5.41) is 26.7. The van der Waals surface area contributed by atoms with Crippen LogP contribution in [0.2, 0.25) is 0 Å². The Balaban J connectivity index is 1.54. The van der Waals surface area contributed by atoms with Crippen molar-refractivity contribution in [3.05, 3.63) is 146 Å². The maximum atomic E-state index is 2.46. The molecule has 0 saturated heterocycles. The fourth-order valence-corrected chi connectivity index (χ4v) is 8.61. The Bertz CT molecular complexity index is 2830. The minimum absolute atomic E-state index is 1.31. The first kappa shape index (κ1) is 22.8. The van der Waals surface area contributed by atoms with Gasteiger partial charge in [0.25, 0.3) is 0 Å². The molecular weight excluding hydrogens is 528 g/mol. The van der Waals surface area contributed by atoms with Crippen molar-refractivity contribution in [3.8, 4) is 0 Å². The van der Waals surface area contributed by atoms with Gasteiger partial charge in [-0.3, -0.25) is 0 Å². The van der Waals surface area contributed by atoms with Crippen LogP contribution in [0.25, 0.3) is 108 Å². The molecule has 0 aliphatic rings. The molecule has 0 fully saturated rings. The van der Waals surface area contributed by atoms with Gasteiger partial charge < -0.3 is 0 Å². The van der Waals surface area contributed by atoms with Gasteiger partial charge in [-0.05, 0) is 120 Å². The summed E-state index contributed by atoms with van der Waals surface area (Å²) in [7, 11) is 0. The standard InChI is InChI=1S/C44H24/c1-3-15-31-27(11-1)29-13-5-7-17-33(29)41-37(31)23-25-21-22-26-24-38-32-16-4-2-12-28(32)30-14-6-8-18-34(30)42(38)44-36-20-10-9-19-35(36)43(41)39(25)40(26)44/h1-24H. The van der Waals surface area contributed by atoms with Crippen molar-refractivity contribution in [2.45, 2.75) is 0 Å². The third kappa shape index (κ3) is 2.66. The van der Waals surface area contributed by atoms with Gasteiger partial charge in [0.1, 0.15) is 0 Å². The largest absolute Gasteiger partial charge is 0.0616 e. The molecule has 0 amide bonds. The zero-order valence-electron chi connectivity index (χ0n) is 23.9. The summed E-state index contributed by atoms with van der Waals surface area (Å²) in [5.41, 5.74) is 0. The van der Waals surface area contributed by atoms with E-state index in [0.717, 1.165) is 0 Å². The molecule has 0 radical (unpaired) electrons. The molecule has 0 aliphatic heterocycles. The van der Waals surface area contributed by atoms with Crippen LogP contribution in [-0.4, -0.2) is 0 Å². The number of benzene rings is 11. The Labute approximate surface area is 252 Å². The summed E-state index contributed by atoms with van der Waals surface area (Å²) in [5.74, 6) is 0. The predicted octanol–water partition coefficient (Wildman–Crippen LogP) is 12.7. The van der Waals surface area contributed by atoms with E-state index in [-0.39, 0.29) is 0 Å². The zero-order valence-corrected chi connectivity index (χ0v) is 23.9.